The number of amides is 1. The molecule has 126 valence electrons. The molecule has 1 saturated heterocycles. The number of ether oxygens (including phenoxy) is 1. The second-order valence-electron chi connectivity index (χ2n) is 5.53. The van der Waals surface area contributed by atoms with E-state index in [4.69, 9.17) is 16.3 Å². The highest BCUT2D eigenvalue weighted by molar-refractivity contribution is 6.30. The summed E-state index contributed by atoms with van der Waals surface area (Å²) < 4.78 is 5.39. The molecule has 0 aromatic heterocycles. The lowest BCUT2D eigenvalue weighted by Gasteiger charge is -2.30. The lowest BCUT2D eigenvalue weighted by molar-refractivity contribution is -0.114. The van der Waals surface area contributed by atoms with Crippen LogP contribution in [0.5, 0.6) is 0 Å². The molecule has 1 aliphatic rings. The van der Waals surface area contributed by atoms with Gasteiger partial charge in [-0.2, -0.15) is 0 Å². The number of hydrogen-bond donors (Lipinski definition) is 2. The van der Waals surface area contributed by atoms with Crippen LogP contribution in [-0.2, 0) is 9.53 Å². The van der Waals surface area contributed by atoms with Gasteiger partial charge in [-0.25, -0.2) is 0 Å². The van der Waals surface area contributed by atoms with Gasteiger partial charge < -0.3 is 20.3 Å². The van der Waals surface area contributed by atoms with Crippen molar-refractivity contribution >= 4 is 34.6 Å². The maximum absolute atomic E-state index is 12.3. The quantitative estimate of drug-likeness (QED) is 0.873. The molecule has 0 saturated carbocycles. The Morgan fingerprint density at radius 1 is 1.12 bits per heavy atom. The molecular formula is C18H20ClN3O2. The van der Waals surface area contributed by atoms with Gasteiger partial charge in [-0.1, -0.05) is 29.8 Å². The lowest BCUT2D eigenvalue weighted by atomic mass is 10.2. The van der Waals surface area contributed by atoms with E-state index in [1.807, 2.05) is 36.4 Å². The Labute approximate surface area is 146 Å². The van der Waals surface area contributed by atoms with Gasteiger partial charge in [0.15, 0.2) is 0 Å². The molecular weight excluding hydrogens is 326 g/mol. The first kappa shape index (κ1) is 16.6. The average molecular weight is 346 g/mol. The minimum Gasteiger partial charge on any atom is -0.378 e. The summed E-state index contributed by atoms with van der Waals surface area (Å²) in [5.74, 6) is -0.101. The zero-order valence-electron chi connectivity index (χ0n) is 13.3. The maximum Gasteiger partial charge on any atom is 0.243 e. The number of morpholine rings is 1. The van der Waals surface area contributed by atoms with E-state index in [0.717, 1.165) is 30.2 Å². The molecule has 24 heavy (non-hydrogen) atoms. The Morgan fingerprint density at radius 3 is 2.71 bits per heavy atom. The first-order valence-corrected chi connectivity index (χ1v) is 8.31. The smallest absolute Gasteiger partial charge is 0.243 e. The molecule has 0 bridgehead atoms. The predicted molar refractivity (Wildman–Crippen MR) is 98.0 cm³/mol. The highest BCUT2D eigenvalue weighted by atomic mass is 35.5. The summed E-state index contributed by atoms with van der Waals surface area (Å²) in [6.45, 7) is 3.25. The number of nitrogens with one attached hydrogen (secondary N) is 2. The highest BCUT2D eigenvalue weighted by Gasteiger charge is 2.15. The summed E-state index contributed by atoms with van der Waals surface area (Å²) in [5, 5.41) is 6.69. The van der Waals surface area contributed by atoms with E-state index in [1.54, 1.807) is 12.1 Å². The van der Waals surface area contributed by atoms with Gasteiger partial charge in [-0.05, 0) is 30.3 Å². The van der Waals surface area contributed by atoms with Crippen molar-refractivity contribution in [3.63, 3.8) is 0 Å². The largest absolute Gasteiger partial charge is 0.378 e. The minimum atomic E-state index is -0.101. The van der Waals surface area contributed by atoms with Crippen molar-refractivity contribution in [2.45, 2.75) is 0 Å². The standard InChI is InChI=1S/C18H20ClN3O2/c19-14-4-3-5-15(12-14)20-13-18(23)21-16-6-1-2-7-17(16)22-8-10-24-11-9-22/h1-7,12,20H,8-11,13H2,(H,21,23). The van der Waals surface area contributed by atoms with Crippen LogP contribution in [0.3, 0.4) is 0 Å². The molecule has 2 N–H and O–H groups in total. The molecule has 3 rings (SSSR count). The molecule has 2 aromatic carbocycles. The van der Waals surface area contributed by atoms with Gasteiger partial charge in [-0.15, -0.1) is 0 Å². The summed E-state index contributed by atoms with van der Waals surface area (Å²) in [4.78, 5) is 14.5. The van der Waals surface area contributed by atoms with Crippen LogP contribution in [0.1, 0.15) is 0 Å². The summed E-state index contributed by atoms with van der Waals surface area (Å²) in [6, 6.07) is 15.1. The van der Waals surface area contributed by atoms with E-state index in [2.05, 4.69) is 15.5 Å². The van der Waals surface area contributed by atoms with Crippen molar-refractivity contribution in [3.05, 3.63) is 53.6 Å². The first-order chi connectivity index (χ1) is 11.7. The van der Waals surface area contributed by atoms with Crippen molar-refractivity contribution in [2.75, 3.05) is 48.4 Å². The Morgan fingerprint density at radius 2 is 1.92 bits per heavy atom. The van der Waals surface area contributed by atoms with Gasteiger partial charge in [0.1, 0.15) is 0 Å². The third kappa shape index (κ3) is 4.40. The van der Waals surface area contributed by atoms with Crippen LogP contribution < -0.4 is 15.5 Å². The number of carbonyl (C=O) groups is 1. The summed E-state index contributed by atoms with van der Waals surface area (Å²) in [7, 11) is 0. The molecule has 2 aromatic rings. The maximum atomic E-state index is 12.3. The van der Waals surface area contributed by atoms with E-state index in [9.17, 15) is 4.79 Å². The van der Waals surface area contributed by atoms with E-state index < -0.39 is 0 Å². The topological polar surface area (TPSA) is 53.6 Å². The number of hydrogen-bond acceptors (Lipinski definition) is 4. The van der Waals surface area contributed by atoms with Crippen LogP contribution in [0.15, 0.2) is 48.5 Å². The number of carbonyl (C=O) groups excluding carboxylic acids is 1. The minimum absolute atomic E-state index is 0.101. The molecule has 0 radical (unpaired) electrons. The monoisotopic (exact) mass is 345 g/mol. The van der Waals surface area contributed by atoms with Gasteiger partial charge in [0.2, 0.25) is 5.91 Å². The molecule has 0 atom stereocenters. The van der Waals surface area contributed by atoms with Gasteiger partial charge in [0, 0.05) is 23.8 Å². The van der Waals surface area contributed by atoms with E-state index in [1.165, 1.54) is 0 Å². The molecule has 0 spiro atoms. The molecule has 1 amide bonds. The van der Waals surface area contributed by atoms with Gasteiger partial charge in [0.25, 0.3) is 0 Å². The van der Waals surface area contributed by atoms with Crippen LogP contribution in [0, 0.1) is 0 Å². The van der Waals surface area contributed by atoms with Crippen LogP contribution >= 0.6 is 11.6 Å². The van der Waals surface area contributed by atoms with Crippen LogP contribution in [-0.4, -0.2) is 38.8 Å². The number of anilines is 3. The predicted octanol–water partition coefficient (Wildman–Crippen LogP) is 3.23. The zero-order chi connectivity index (χ0) is 16.8. The third-order valence-corrected chi connectivity index (χ3v) is 4.04. The Kier molecular flexibility index (Phi) is 5.56. The molecule has 5 nitrogen and oxygen atoms in total. The lowest BCUT2D eigenvalue weighted by Crippen LogP contribution is -2.37. The number of rotatable bonds is 5. The van der Waals surface area contributed by atoms with Crippen LogP contribution in [0.25, 0.3) is 0 Å². The SMILES string of the molecule is O=C(CNc1cccc(Cl)c1)Nc1ccccc1N1CCOCC1. The summed E-state index contributed by atoms with van der Waals surface area (Å²) in [6.07, 6.45) is 0. The molecule has 6 heteroatoms. The van der Waals surface area contributed by atoms with Crippen molar-refractivity contribution in [2.24, 2.45) is 0 Å². The van der Waals surface area contributed by atoms with E-state index in [-0.39, 0.29) is 12.5 Å². The zero-order valence-corrected chi connectivity index (χ0v) is 14.1. The summed E-state index contributed by atoms with van der Waals surface area (Å²) >= 11 is 5.94. The number of nitrogens with zero attached hydrogens (tertiary/aromatic N) is 1. The Hall–Kier alpha value is -2.24. The molecule has 1 heterocycles. The fourth-order valence-corrected chi connectivity index (χ4v) is 2.82. The van der Waals surface area contributed by atoms with E-state index in [0.29, 0.717) is 18.2 Å². The Bertz CT molecular complexity index is 702. The second-order valence-corrected chi connectivity index (χ2v) is 5.97. The molecule has 0 unspecified atom stereocenters. The third-order valence-electron chi connectivity index (χ3n) is 3.81. The number of para-hydroxylation sites is 2. The number of halogens is 1. The average Bonchev–Trinajstić information content (AvgIpc) is 2.61. The van der Waals surface area contributed by atoms with E-state index >= 15 is 0 Å². The van der Waals surface area contributed by atoms with Gasteiger partial charge >= 0.3 is 0 Å². The van der Waals surface area contributed by atoms with Gasteiger partial charge in [-0.3, -0.25) is 4.79 Å². The van der Waals surface area contributed by atoms with Crippen molar-refractivity contribution < 1.29 is 9.53 Å². The number of benzene rings is 2. The van der Waals surface area contributed by atoms with Crippen LogP contribution in [0.2, 0.25) is 5.02 Å². The van der Waals surface area contributed by atoms with Crippen molar-refractivity contribution in [3.8, 4) is 0 Å². The highest BCUT2D eigenvalue weighted by Crippen LogP contribution is 2.26. The van der Waals surface area contributed by atoms with Crippen molar-refractivity contribution in [1.29, 1.82) is 0 Å². The first-order valence-electron chi connectivity index (χ1n) is 7.93. The fourth-order valence-electron chi connectivity index (χ4n) is 2.63. The second kappa shape index (κ2) is 8.04. The fraction of sp³-hybridized carbons (Fsp3) is 0.278. The van der Waals surface area contributed by atoms with Gasteiger partial charge in [0.05, 0.1) is 31.1 Å². The van der Waals surface area contributed by atoms with Crippen LogP contribution in [0.4, 0.5) is 17.1 Å². The summed E-state index contributed by atoms with van der Waals surface area (Å²) in [5.41, 5.74) is 2.66. The molecule has 0 aliphatic carbocycles. The Balaban J connectivity index is 1.62. The normalized spacial score (nSPS) is 14.3. The molecule has 1 fully saturated rings. The van der Waals surface area contributed by atoms with Crippen molar-refractivity contribution in [1.82, 2.24) is 0 Å². The molecule has 1 aliphatic heterocycles.